The third kappa shape index (κ3) is 4.95. The van der Waals surface area contributed by atoms with Gasteiger partial charge < -0.3 is 9.72 Å². The van der Waals surface area contributed by atoms with E-state index in [1.807, 2.05) is 18.3 Å². The minimum Gasteiger partial charge on any atom is -0.479 e. The van der Waals surface area contributed by atoms with Gasteiger partial charge >= 0.3 is 0 Å². The molecule has 1 aromatic heterocycles. The van der Waals surface area contributed by atoms with Gasteiger partial charge in [-0.15, -0.1) is 0 Å². The van der Waals surface area contributed by atoms with Gasteiger partial charge in [0.2, 0.25) is 0 Å². The Balaban J connectivity index is 1.85. The summed E-state index contributed by atoms with van der Waals surface area (Å²) in [6.07, 6.45) is 9.76. The Morgan fingerprint density at radius 1 is 1.14 bits per heavy atom. The van der Waals surface area contributed by atoms with Crippen LogP contribution in [-0.4, -0.2) is 11.6 Å². The van der Waals surface area contributed by atoms with E-state index in [2.05, 4.69) is 11.9 Å². The van der Waals surface area contributed by atoms with Gasteiger partial charge in [-0.25, -0.2) is 0 Å². The number of hydrogen-bond acceptors (Lipinski definition) is 1. The fourth-order valence-electron chi connectivity index (χ4n) is 1.47. The van der Waals surface area contributed by atoms with Gasteiger partial charge in [0, 0.05) is 6.20 Å². The van der Waals surface area contributed by atoms with Crippen molar-refractivity contribution in [2.45, 2.75) is 45.4 Å². The van der Waals surface area contributed by atoms with E-state index in [4.69, 9.17) is 4.74 Å². The van der Waals surface area contributed by atoms with E-state index in [0.717, 1.165) is 12.5 Å². The van der Waals surface area contributed by atoms with Crippen molar-refractivity contribution < 1.29 is 4.74 Å². The summed E-state index contributed by atoms with van der Waals surface area (Å²) in [6, 6.07) is 3.91. The highest BCUT2D eigenvalue weighted by Crippen LogP contribution is 2.08. The predicted octanol–water partition coefficient (Wildman–Crippen LogP) is 3.75. The fraction of sp³-hybridized carbons (Fsp3) is 0.667. The van der Waals surface area contributed by atoms with E-state index in [9.17, 15) is 0 Å². The standard InChI is InChI=1S/C12H21NO/c1-2-3-4-5-6-7-11-14-12-9-8-10-13-12/h8-10,13H,2-7,11H2,1H3. The lowest BCUT2D eigenvalue weighted by Crippen LogP contribution is -1.97. The monoisotopic (exact) mass is 195 g/mol. The molecule has 0 saturated heterocycles. The van der Waals surface area contributed by atoms with Gasteiger partial charge in [-0.05, 0) is 18.6 Å². The maximum Gasteiger partial charge on any atom is 0.190 e. The Hall–Kier alpha value is -0.920. The van der Waals surface area contributed by atoms with Crippen molar-refractivity contribution in [3.63, 3.8) is 0 Å². The number of unbranched alkanes of at least 4 members (excludes halogenated alkanes) is 5. The van der Waals surface area contributed by atoms with Gasteiger partial charge in [0.15, 0.2) is 5.88 Å². The number of ether oxygens (including phenoxy) is 1. The molecule has 2 heteroatoms. The zero-order valence-electron chi connectivity index (χ0n) is 9.09. The molecule has 0 aliphatic heterocycles. The minimum absolute atomic E-state index is 0.840. The number of aromatic amines is 1. The van der Waals surface area contributed by atoms with Crippen LogP contribution in [0.25, 0.3) is 0 Å². The molecule has 0 bridgehead atoms. The molecule has 0 aliphatic rings. The van der Waals surface area contributed by atoms with Gasteiger partial charge in [0.1, 0.15) is 0 Å². The zero-order valence-corrected chi connectivity index (χ0v) is 9.09. The maximum absolute atomic E-state index is 5.50. The number of rotatable bonds is 8. The van der Waals surface area contributed by atoms with Crippen LogP contribution < -0.4 is 4.74 Å². The van der Waals surface area contributed by atoms with Crippen molar-refractivity contribution in [3.05, 3.63) is 18.3 Å². The first kappa shape index (κ1) is 11.2. The van der Waals surface area contributed by atoms with Crippen LogP contribution in [0, 0.1) is 0 Å². The molecule has 1 N–H and O–H groups in total. The second kappa shape index (κ2) is 7.48. The molecule has 80 valence electrons. The van der Waals surface area contributed by atoms with Crippen molar-refractivity contribution in [2.75, 3.05) is 6.61 Å². The van der Waals surface area contributed by atoms with Gasteiger partial charge in [-0.2, -0.15) is 0 Å². The van der Waals surface area contributed by atoms with Crippen molar-refractivity contribution in [1.29, 1.82) is 0 Å². The summed E-state index contributed by atoms with van der Waals surface area (Å²) in [4.78, 5) is 3.03. The second-order valence-corrected chi connectivity index (χ2v) is 3.65. The number of H-pyrrole nitrogens is 1. The van der Waals surface area contributed by atoms with Gasteiger partial charge in [0.05, 0.1) is 6.61 Å². The Labute approximate surface area is 86.7 Å². The van der Waals surface area contributed by atoms with Crippen LogP contribution in [0.5, 0.6) is 5.88 Å². The average Bonchev–Trinajstić information content (AvgIpc) is 2.69. The summed E-state index contributed by atoms with van der Waals surface area (Å²) in [7, 11) is 0. The summed E-state index contributed by atoms with van der Waals surface area (Å²) < 4.78 is 5.50. The van der Waals surface area contributed by atoms with E-state index in [1.165, 1.54) is 38.5 Å². The molecule has 1 heterocycles. The summed E-state index contributed by atoms with van der Waals surface area (Å²) in [5.74, 6) is 0.888. The largest absolute Gasteiger partial charge is 0.479 e. The van der Waals surface area contributed by atoms with Crippen molar-refractivity contribution in [3.8, 4) is 5.88 Å². The lowest BCUT2D eigenvalue weighted by Gasteiger charge is -2.03. The van der Waals surface area contributed by atoms with Crippen LogP contribution in [0.3, 0.4) is 0 Å². The minimum atomic E-state index is 0.840. The molecular weight excluding hydrogens is 174 g/mol. The molecule has 0 aromatic carbocycles. The molecule has 0 fully saturated rings. The topological polar surface area (TPSA) is 25.0 Å². The SMILES string of the molecule is CCCCCCCCOc1ccc[nH]1. The Bertz CT molecular complexity index is 206. The summed E-state index contributed by atoms with van der Waals surface area (Å²) in [5, 5.41) is 0. The van der Waals surface area contributed by atoms with Crippen LogP contribution in [0.1, 0.15) is 45.4 Å². The second-order valence-electron chi connectivity index (χ2n) is 3.65. The Morgan fingerprint density at radius 3 is 2.64 bits per heavy atom. The van der Waals surface area contributed by atoms with Gasteiger partial charge in [-0.1, -0.05) is 39.0 Å². The first-order valence-corrected chi connectivity index (χ1v) is 5.69. The molecule has 0 unspecified atom stereocenters. The van der Waals surface area contributed by atoms with Crippen molar-refractivity contribution in [2.24, 2.45) is 0 Å². The molecule has 0 saturated carbocycles. The molecule has 0 spiro atoms. The van der Waals surface area contributed by atoms with Gasteiger partial charge in [-0.3, -0.25) is 0 Å². The summed E-state index contributed by atoms with van der Waals surface area (Å²) >= 11 is 0. The summed E-state index contributed by atoms with van der Waals surface area (Å²) in [5.41, 5.74) is 0. The first-order valence-electron chi connectivity index (χ1n) is 5.69. The van der Waals surface area contributed by atoms with E-state index < -0.39 is 0 Å². The van der Waals surface area contributed by atoms with Crippen molar-refractivity contribution in [1.82, 2.24) is 4.98 Å². The Kier molecular flexibility index (Phi) is 5.96. The highest BCUT2D eigenvalue weighted by Gasteiger charge is 1.93. The molecule has 0 amide bonds. The third-order valence-corrected chi connectivity index (χ3v) is 2.32. The summed E-state index contributed by atoms with van der Waals surface area (Å²) in [6.45, 7) is 3.08. The molecule has 0 aliphatic carbocycles. The Morgan fingerprint density at radius 2 is 1.93 bits per heavy atom. The first-order chi connectivity index (χ1) is 6.93. The van der Waals surface area contributed by atoms with Crippen LogP contribution in [0.4, 0.5) is 0 Å². The lowest BCUT2D eigenvalue weighted by molar-refractivity contribution is 0.295. The predicted molar refractivity (Wildman–Crippen MR) is 59.7 cm³/mol. The molecule has 0 radical (unpaired) electrons. The van der Waals surface area contributed by atoms with Crippen molar-refractivity contribution >= 4 is 0 Å². The number of nitrogens with one attached hydrogen (secondary N) is 1. The highest BCUT2D eigenvalue weighted by atomic mass is 16.5. The van der Waals surface area contributed by atoms with Crippen LogP contribution in [0.15, 0.2) is 18.3 Å². The lowest BCUT2D eigenvalue weighted by atomic mass is 10.1. The van der Waals surface area contributed by atoms with Crippen LogP contribution in [0.2, 0.25) is 0 Å². The average molecular weight is 195 g/mol. The third-order valence-electron chi connectivity index (χ3n) is 2.32. The molecular formula is C12H21NO. The smallest absolute Gasteiger partial charge is 0.190 e. The van der Waals surface area contributed by atoms with Gasteiger partial charge in [0.25, 0.3) is 0 Å². The molecule has 1 aromatic rings. The van der Waals surface area contributed by atoms with E-state index in [0.29, 0.717) is 0 Å². The molecule has 2 nitrogen and oxygen atoms in total. The normalized spacial score (nSPS) is 10.4. The maximum atomic E-state index is 5.50. The molecule has 14 heavy (non-hydrogen) atoms. The number of hydrogen-bond donors (Lipinski definition) is 1. The molecule has 0 atom stereocenters. The van der Waals surface area contributed by atoms with Crippen LogP contribution in [-0.2, 0) is 0 Å². The number of aromatic nitrogens is 1. The zero-order chi connectivity index (χ0) is 10.1. The van der Waals surface area contributed by atoms with E-state index in [-0.39, 0.29) is 0 Å². The quantitative estimate of drug-likeness (QED) is 0.628. The van der Waals surface area contributed by atoms with E-state index in [1.54, 1.807) is 0 Å². The van der Waals surface area contributed by atoms with E-state index >= 15 is 0 Å². The molecule has 1 rings (SSSR count). The highest BCUT2D eigenvalue weighted by molar-refractivity contribution is 5.09. The fourth-order valence-corrected chi connectivity index (χ4v) is 1.47. The van der Waals surface area contributed by atoms with Crippen LogP contribution >= 0.6 is 0 Å².